The van der Waals surface area contributed by atoms with Crippen LogP contribution in [0.4, 0.5) is 5.82 Å². The van der Waals surface area contributed by atoms with Gasteiger partial charge in [0.2, 0.25) is 0 Å². The minimum Gasteiger partial charge on any atom is -0.355 e. The normalized spacial score (nSPS) is 15.8. The van der Waals surface area contributed by atoms with Gasteiger partial charge in [-0.05, 0) is 30.7 Å². The van der Waals surface area contributed by atoms with Crippen LogP contribution >= 0.6 is 11.6 Å². The third-order valence-electron chi connectivity index (χ3n) is 3.90. The van der Waals surface area contributed by atoms with E-state index in [2.05, 4.69) is 28.9 Å². The summed E-state index contributed by atoms with van der Waals surface area (Å²) < 4.78 is 0. The van der Waals surface area contributed by atoms with Crippen molar-refractivity contribution in [3.8, 4) is 12.1 Å². The van der Waals surface area contributed by atoms with Crippen molar-refractivity contribution < 1.29 is 0 Å². The van der Waals surface area contributed by atoms with Gasteiger partial charge in [0.1, 0.15) is 23.1 Å². The van der Waals surface area contributed by atoms with Crippen molar-refractivity contribution in [2.45, 2.75) is 33.1 Å². The van der Waals surface area contributed by atoms with E-state index in [4.69, 9.17) is 11.6 Å². The molecular formula is C15H17ClN4. The summed E-state index contributed by atoms with van der Waals surface area (Å²) in [6.45, 7) is 5.93. The van der Waals surface area contributed by atoms with Crippen LogP contribution in [0.1, 0.15) is 43.4 Å². The number of hydrogen-bond acceptors (Lipinski definition) is 4. The predicted octanol–water partition coefficient (Wildman–Crippen LogP) is 3.28. The molecule has 20 heavy (non-hydrogen) atoms. The minimum absolute atomic E-state index is 0.206. The number of pyridine rings is 1. The summed E-state index contributed by atoms with van der Waals surface area (Å²) in [7, 11) is 0. The van der Waals surface area contributed by atoms with E-state index < -0.39 is 0 Å². The Morgan fingerprint density at radius 1 is 1.25 bits per heavy atom. The second-order valence-electron chi connectivity index (χ2n) is 5.20. The zero-order valence-electron chi connectivity index (χ0n) is 11.8. The van der Waals surface area contributed by atoms with Crippen LogP contribution in [-0.2, 0) is 6.42 Å². The maximum absolute atomic E-state index is 9.45. The number of nitriles is 2. The van der Waals surface area contributed by atoms with Crippen molar-refractivity contribution >= 4 is 17.4 Å². The Kier molecular flexibility index (Phi) is 4.47. The fourth-order valence-electron chi connectivity index (χ4n) is 2.62. The largest absolute Gasteiger partial charge is 0.355 e. The number of nitrogens with zero attached hydrogens (tertiary/aromatic N) is 4. The molecule has 0 aromatic carbocycles. The molecule has 1 aromatic heterocycles. The van der Waals surface area contributed by atoms with E-state index in [0.29, 0.717) is 34.8 Å². The van der Waals surface area contributed by atoms with Crippen LogP contribution in [0, 0.1) is 28.6 Å². The fourth-order valence-corrected chi connectivity index (χ4v) is 2.86. The zero-order valence-corrected chi connectivity index (χ0v) is 12.5. The Labute approximate surface area is 124 Å². The number of rotatable bonds is 2. The maximum Gasteiger partial charge on any atom is 0.149 e. The van der Waals surface area contributed by atoms with Gasteiger partial charge in [0.05, 0.1) is 11.1 Å². The van der Waals surface area contributed by atoms with Crippen LogP contribution in [0.5, 0.6) is 0 Å². The quantitative estimate of drug-likeness (QED) is 0.784. The predicted molar refractivity (Wildman–Crippen MR) is 78.7 cm³/mol. The summed E-state index contributed by atoms with van der Waals surface area (Å²) >= 11 is 6.12. The first kappa shape index (κ1) is 14.6. The molecule has 0 bridgehead atoms. The fraction of sp³-hybridized carbons (Fsp3) is 0.533. The van der Waals surface area contributed by atoms with Gasteiger partial charge in [0.15, 0.2) is 0 Å². The van der Waals surface area contributed by atoms with Crippen molar-refractivity contribution in [2.24, 2.45) is 5.92 Å². The van der Waals surface area contributed by atoms with E-state index in [1.165, 1.54) is 0 Å². The Morgan fingerprint density at radius 2 is 1.85 bits per heavy atom. The molecule has 0 radical (unpaired) electrons. The lowest BCUT2D eigenvalue weighted by molar-refractivity contribution is 0.436. The van der Waals surface area contributed by atoms with Crippen molar-refractivity contribution in [2.75, 3.05) is 18.0 Å². The molecule has 0 N–H and O–H groups in total. The van der Waals surface area contributed by atoms with Crippen LogP contribution in [0.25, 0.3) is 0 Å². The molecule has 1 aliphatic heterocycles. The van der Waals surface area contributed by atoms with Gasteiger partial charge in [0.25, 0.3) is 0 Å². The van der Waals surface area contributed by atoms with Gasteiger partial charge in [-0.3, -0.25) is 0 Å². The average Bonchev–Trinajstić information content (AvgIpc) is 2.46. The summed E-state index contributed by atoms with van der Waals surface area (Å²) in [5.74, 6) is 1.34. The first-order chi connectivity index (χ1) is 9.62. The molecule has 0 atom stereocenters. The van der Waals surface area contributed by atoms with Gasteiger partial charge in [-0.25, -0.2) is 4.98 Å². The van der Waals surface area contributed by atoms with E-state index in [1.807, 2.05) is 6.92 Å². The van der Waals surface area contributed by atoms with Crippen molar-refractivity contribution in [3.05, 3.63) is 21.8 Å². The van der Waals surface area contributed by atoms with Gasteiger partial charge in [-0.1, -0.05) is 25.4 Å². The minimum atomic E-state index is 0.206. The standard InChI is InChI=1S/C15H17ClN4/c1-3-11-12(8-17)14(16)19-15(13(11)9-18)20-6-4-10(2)5-7-20/h10H,3-7H2,1-2H3. The van der Waals surface area contributed by atoms with Crippen molar-refractivity contribution in [3.63, 3.8) is 0 Å². The van der Waals surface area contributed by atoms with E-state index in [-0.39, 0.29) is 5.15 Å². The van der Waals surface area contributed by atoms with Gasteiger partial charge in [-0.15, -0.1) is 0 Å². The molecule has 1 fully saturated rings. The summed E-state index contributed by atoms with van der Waals surface area (Å²) in [6.07, 6.45) is 2.78. The van der Waals surface area contributed by atoms with E-state index in [9.17, 15) is 10.5 Å². The van der Waals surface area contributed by atoms with Crippen LogP contribution in [0.15, 0.2) is 0 Å². The third kappa shape index (κ3) is 2.57. The van der Waals surface area contributed by atoms with E-state index in [1.54, 1.807) is 0 Å². The smallest absolute Gasteiger partial charge is 0.149 e. The van der Waals surface area contributed by atoms with Crippen LogP contribution in [0.2, 0.25) is 5.15 Å². The first-order valence-corrected chi connectivity index (χ1v) is 7.27. The highest BCUT2D eigenvalue weighted by molar-refractivity contribution is 6.30. The molecule has 4 nitrogen and oxygen atoms in total. The van der Waals surface area contributed by atoms with Crippen LogP contribution < -0.4 is 4.90 Å². The molecule has 104 valence electrons. The van der Waals surface area contributed by atoms with Crippen LogP contribution in [0.3, 0.4) is 0 Å². The maximum atomic E-state index is 9.45. The highest BCUT2D eigenvalue weighted by Crippen LogP contribution is 2.31. The Bertz CT molecular complexity index is 589. The van der Waals surface area contributed by atoms with Gasteiger partial charge < -0.3 is 4.90 Å². The van der Waals surface area contributed by atoms with Crippen LogP contribution in [-0.4, -0.2) is 18.1 Å². The number of anilines is 1. The zero-order chi connectivity index (χ0) is 14.7. The summed E-state index contributed by atoms with van der Waals surface area (Å²) in [6, 6.07) is 4.27. The third-order valence-corrected chi connectivity index (χ3v) is 4.17. The highest BCUT2D eigenvalue weighted by atomic mass is 35.5. The molecule has 2 rings (SSSR count). The lowest BCUT2D eigenvalue weighted by Gasteiger charge is -2.32. The molecular weight excluding hydrogens is 272 g/mol. The Hall–Kier alpha value is -1.78. The van der Waals surface area contributed by atoms with Crippen molar-refractivity contribution in [1.29, 1.82) is 10.5 Å². The number of halogens is 1. The molecule has 0 amide bonds. The first-order valence-electron chi connectivity index (χ1n) is 6.89. The summed E-state index contributed by atoms with van der Waals surface area (Å²) in [5.41, 5.74) is 1.55. The van der Waals surface area contributed by atoms with Gasteiger partial charge in [0, 0.05) is 13.1 Å². The topological polar surface area (TPSA) is 63.7 Å². The van der Waals surface area contributed by atoms with Gasteiger partial charge >= 0.3 is 0 Å². The molecule has 0 aliphatic carbocycles. The average molecular weight is 289 g/mol. The number of aromatic nitrogens is 1. The molecule has 0 spiro atoms. The van der Waals surface area contributed by atoms with Crippen molar-refractivity contribution in [1.82, 2.24) is 4.98 Å². The SMILES string of the molecule is CCc1c(C#N)c(Cl)nc(N2CCC(C)CC2)c1C#N. The van der Waals surface area contributed by atoms with E-state index in [0.717, 1.165) is 25.9 Å². The second-order valence-corrected chi connectivity index (χ2v) is 5.56. The van der Waals surface area contributed by atoms with Gasteiger partial charge in [-0.2, -0.15) is 10.5 Å². The molecule has 1 saturated heterocycles. The number of hydrogen-bond donors (Lipinski definition) is 0. The molecule has 5 heteroatoms. The lowest BCUT2D eigenvalue weighted by atomic mass is 9.97. The van der Waals surface area contributed by atoms with E-state index >= 15 is 0 Å². The lowest BCUT2D eigenvalue weighted by Crippen LogP contribution is -2.34. The number of piperidine rings is 1. The molecule has 1 aliphatic rings. The Balaban J connectivity index is 2.52. The summed E-state index contributed by atoms with van der Waals surface area (Å²) in [5, 5.41) is 18.8. The Morgan fingerprint density at radius 3 is 2.35 bits per heavy atom. The molecule has 1 aromatic rings. The monoisotopic (exact) mass is 288 g/mol. The molecule has 2 heterocycles. The second kappa shape index (κ2) is 6.11. The molecule has 0 unspecified atom stereocenters. The highest BCUT2D eigenvalue weighted by Gasteiger charge is 2.24. The molecule has 0 saturated carbocycles. The summed E-state index contributed by atoms with van der Waals surface area (Å²) in [4.78, 5) is 6.43.